The minimum atomic E-state index is -0.437. The van der Waals surface area contributed by atoms with E-state index in [2.05, 4.69) is 15.0 Å². The van der Waals surface area contributed by atoms with E-state index in [1.165, 1.54) is 0 Å². The van der Waals surface area contributed by atoms with Crippen LogP contribution in [0.1, 0.15) is 34.7 Å². The lowest BCUT2D eigenvalue weighted by Gasteiger charge is -2.18. The van der Waals surface area contributed by atoms with E-state index in [4.69, 9.17) is 4.52 Å². The predicted octanol–water partition coefficient (Wildman–Crippen LogP) is 1.65. The lowest BCUT2D eigenvalue weighted by molar-refractivity contribution is 0.0792. The molecule has 0 saturated carbocycles. The second-order valence-electron chi connectivity index (χ2n) is 7.28. The van der Waals surface area contributed by atoms with Crippen LogP contribution in [0.3, 0.4) is 0 Å². The smallest absolute Gasteiger partial charge is 0.255 e. The lowest BCUT2D eigenvalue weighted by atomic mass is 10.0. The van der Waals surface area contributed by atoms with E-state index in [9.17, 15) is 9.90 Å². The molecule has 2 fully saturated rings. The van der Waals surface area contributed by atoms with Gasteiger partial charge in [-0.25, -0.2) is 4.98 Å². The lowest BCUT2D eigenvalue weighted by Crippen LogP contribution is -2.28. The summed E-state index contributed by atoms with van der Waals surface area (Å²) in [6, 6.07) is 5.62. The molecule has 7 nitrogen and oxygen atoms in total. The van der Waals surface area contributed by atoms with Gasteiger partial charge in [-0.05, 0) is 31.9 Å². The summed E-state index contributed by atoms with van der Waals surface area (Å²) in [5, 5.41) is 14.3. The first-order valence-corrected chi connectivity index (χ1v) is 9.20. The second-order valence-corrected chi connectivity index (χ2v) is 7.28. The number of pyridine rings is 1. The zero-order chi connectivity index (χ0) is 18.1. The number of nitrogens with zero attached hydrogens (tertiary/aromatic N) is 4. The van der Waals surface area contributed by atoms with Crippen LogP contribution >= 0.6 is 0 Å². The van der Waals surface area contributed by atoms with Crippen molar-refractivity contribution in [2.75, 3.05) is 31.1 Å². The third-order valence-corrected chi connectivity index (χ3v) is 5.26. The zero-order valence-electron chi connectivity index (χ0n) is 15.0. The molecule has 0 aliphatic carbocycles. The molecule has 0 bridgehead atoms. The molecule has 0 unspecified atom stereocenters. The van der Waals surface area contributed by atoms with E-state index < -0.39 is 6.10 Å². The van der Waals surface area contributed by atoms with Gasteiger partial charge in [0.1, 0.15) is 11.6 Å². The van der Waals surface area contributed by atoms with Gasteiger partial charge >= 0.3 is 0 Å². The van der Waals surface area contributed by atoms with Gasteiger partial charge in [0.15, 0.2) is 0 Å². The van der Waals surface area contributed by atoms with Crippen molar-refractivity contribution in [1.82, 2.24) is 15.0 Å². The van der Waals surface area contributed by atoms with Gasteiger partial charge in [-0.15, -0.1) is 0 Å². The average molecular weight is 356 g/mol. The normalized spacial score (nSPS) is 23.0. The Hall–Kier alpha value is -2.41. The van der Waals surface area contributed by atoms with Crippen molar-refractivity contribution >= 4 is 11.7 Å². The molecule has 2 aliphatic rings. The Kier molecular flexibility index (Phi) is 4.63. The van der Waals surface area contributed by atoms with Crippen LogP contribution in [0.2, 0.25) is 0 Å². The van der Waals surface area contributed by atoms with Gasteiger partial charge in [-0.3, -0.25) is 4.79 Å². The quantitative estimate of drug-likeness (QED) is 0.897. The number of aliphatic hydroxyl groups excluding tert-OH is 1. The van der Waals surface area contributed by atoms with E-state index >= 15 is 0 Å². The molecule has 2 aromatic heterocycles. The zero-order valence-corrected chi connectivity index (χ0v) is 15.0. The molecule has 2 aromatic rings. The summed E-state index contributed by atoms with van der Waals surface area (Å²) in [6.45, 7) is 4.79. The highest BCUT2D eigenvalue weighted by molar-refractivity contribution is 5.94. The molecule has 0 spiro atoms. The molecule has 2 saturated heterocycles. The predicted molar refractivity (Wildman–Crippen MR) is 96.0 cm³/mol. The summed E-state index contributed by atoms with van der Waals surface area (Å²) < 4.78 is 5.27. The maximum atomic E-state index is 12.4. The summed E-state index contributed by atoms with van der Waals surface area (Å²) in [6.07, 6.45) is 4.02. The fourth-order valence-corrected chi connectivity index (χ4v) is 3.82. The van der Waals surface area contributed by atoms with E-state index in [1.54, 1.807) is 6.20 Å². The number of aryl methyl sites for hydroxylation is 1. The molecule has 2 atom stereocenters. The van der Waals surface area contributed by atoms with Crippen LogP contribution in [0, 0.1) is 12.8 Å². The molecule has 4 rings (SSSR count). The Bertz CT molecular complexity index is 767. The number of hydrogen-bond acceptors (Lipinski definition) is 6. The number of rotatable bonds is 4. The number of hydrogen-bond donors (Lipinski definition) is 1. The molecule has 7 heteroatoms. The molecule has 0 radical (unpaired) electrons. The SMILES string of the molecule is Cc1cc(C[C@@H]2CN(c3ccc(C(=O)N4CCCC4)cn3)C[C@@H]2O)on1. The standard InChI is InChI=1S/C19H24N4O3/c1-13-8-16(26-21-13)9-15-11-23(12-17(15)24)18-5-4-14(10-20-18)19(25)22-6-2-3-7-22/h4-5,8,10,15,17,24H,2-3,6-7,9,11-12H2,1H3/t15-,17+/m1/s1. The fraction of sp³-hybridized carbons (Fsp3) is 0.526. The molecule has 26 heavy (non-hydrogen) atoms. The van der Waals surface area contributed by atoms with Crippen LogP contribution in [-0.2, 0) is 6.42 Å². The Morgan fingerprint density at radius 2 is 2.12 bits per heavy atom. The monoisotopic (exact) mass is 356 g/mol. The van der Waals surface area contributed by atoms with Crippen LogP contribution in [0.25, 0.3) is 0 Å². The average Bonchev–Trinajstić information content (AvgIpc) is 3.38. The van der Waals surface area contributed by atoms with Crippen LogP contribution in [0.4, 0.5) is 5.82 Å². The van der Waals surface area contributed by atoms with Crippen LogP contribution in [0.15, 0.2) is 28.9 Å². The Labute approximate surface area is 152 Å². The number of amides is 1. The second kappa shape index (κ2) is 7.07. The highest BCUT2D eigenvalue weighted by Crippen LogP contribution is 2.26. The fourth-order valence-electron chi connectivity index (χ4n) is 3.82. The molecule has 1 N–H and O–H groups in total. The van der Waals surface area contributed by atoms with Crippen molar-refractivity contribution in [2.45, 2.75) is 32.3 Å². The maximum Gasteiger partial charge on any atom is 0.255 e. The number of carbonyl (C=O) groups is 1. The van der Waals surface area contributed by atoms with E-state index in [-0.39, 0.29) is 11.8 Å². The highest BCUT2D eigenvalue weighted by atomic mass is 16.5. The largest absolute Gasteiger partial charge is 0.391 e. The van der Waals surface area contributed by atoms with Crippen molar-refractivity contribution in [3.63, 3.8) is 0 Å². The summed E-state index contributed by atoms with van der Waals surface area (Å²) in [4.78, 5) is 20.8. The molecule has 2 aliphatic heterocycles. The van der Waals surface area contributed by atoms with Gasteiger partial charge in [-0.2, -0.15) is 0 Å². The Balaban J connectivity index is 1.40. The first-order chi connectivity index (χ1) is 12.6. The van der Waals surface area contributed by atoms with Crippen molar-refractivity contribution in [2.24, 2.45) is 5.92 Å². The summed E-state index contributed by atoms with van der Waals surface area (Å²) in [7, 11) is 0. The maximum absolute atomic E-state index is 12.4. The third kappa shape index (κ3) is 3.44. The van der Waals surface area contributed by atoms with Crippen molar-refractivity contribution in [3.8, 4) is 0 Å². The minimum absolute atomic E-state index is 0.0570. The topological polar surface area (TPSA) is 82.7 Å². The van der Waals surface area contributed by atoms with Crippen LogP contribution < -0.4 is 4.90 Å². The number of β-amino-alcohol motifs (C(OH)–C–C–N with tert-alkyl or cyclic N) is 1. The molecular weight excluding hydrogens is 332 g/mol. The summed E-state index contributed by atoms with van der Waals surface area (Å²) >= 11 is 0. The molecule has 1 amide bonds. The summed E-state index contributed by atoms with van der Waals surface area (Å²) in [5.41, 5.74) is 1.48. The van der Waals surface area contributed by atoms with Gasteiger partial charge in [0.2, 0.25) is 0 Å². The van der Waals surface area contributed by atoms with Gasteiger partial charge in [0.25, 0.3) is 5.91 Å². The van der Waals surface area contributed by atoms with E-state index in [0.717, 1.165) is 43.2 Å². The first-order valence-electron chi connectivity index (χ1n) is 9.20. The molecule has 4 heterocycles. The molecule has 138 valence electrons. The number of aliphatic hydroxyl groups is 1. The number of likely N-dealkylation sites (tertiary alicyclic amines) is 1. The van der Waals surface area contributed by atoms with Crippen LogP contribution in [0.5, 0.6) is 0 Å². The number of anilines is 1. The Morgan fingerprint density at radius 3 is 2.77 bits per heavy atom. The van der Waals surface area contributed by atoms with E-state index in [1.807, 2.05) is 30.0 Å². The molecule has 0 aromatic carbocycles. The van der Waals surface area contributed by atoms with Gasteiger partial charge < -0.3 is 19.4 Å². The van der Waals surface area contributed by atoms with E-state index in [0.29, 0.717) is 25.1 Å². The number of carbonyl (C=O) groups excluding carboxylic acids is 1. The molecular formula is C19H24N4O3. The van der Waals surface area contributed by atoms with Crippen LogP contribution in [-0.4, -0.2) is 58.3 Å². The van der Waals surface area contributed by atoms with Crippen molar-refractivity contribution < 1.29 is 14.4 Å². The summed E-state index contributed by atoms with van der Waals surface area (Å²) in [5.74, 6) is 1.72. The van der Waals surface area contributed by atoms with Crippen molar-refractivity contribution in [1.29, 1.82) is 0 Å². The minimum Gasteiger partial charge on any atom is -0.391 e. The van der Waals surface area contributed by atoms with Crippen molar-refractivity contribution in [3.05, 3.63) is 41.4 Å². The van der Waals surface area contributed by atoms with Gasteiger partial charge in [0.05, 0.1) is 17.4 Å². The number of aromatic nitrogens is 2. The Morgan fingerprint density at radius 1 is 1.31 bits per heavy atom. The first kappa shape index (κ1) is 17.0. The van der Waals surface area contributed by atoms with Gasteiger partial charge in [0, 0.05) is 50.8 Å². The third-order valence-electron chi connectivity index (χ3n) is 5.26. The van der Waals surface area contributed by atoms with Gasteiger partial charge in [-0.1, -0.05) is 5.16 Å². The highest BCUT2D eigenvalue weighted by Gasteiger charge is 2.33.